The normalized spacial score (nSPS) is 13.1. The first-order chi connectivity index (χ1) is 3.31. The number of nitrogens with two attached hydrogens (primary N) is 1. The van der Waals surface area contributed by atoms with E-state index in [1.807, 2.05) is 11.0 Å². The fourth-order valence-corrected chi connectivity index (χ4v) is 0.307. The molecule has 2 N–H and O–H groups in total. The fraction of sp³-hybridized carbons (Fsp3) is 0.250. The Bertz CT molecular complexity index is 95.9. The molecule has 3 heteroatoms. The monoisotopic (exact) mass is 210 g/mol. The molecule has 0 aliphatic heterocycles. The average molecular weight is 210 g/mol. The number of hydrogen-bond donors (Lipinski definition) is 1. The summed E-state index contributed by atoms with van der Waals surface area (Å²) in [6, 6.07) is 0. The van der Waals surface area contributed by atoms with Crippen LogP contribution < -0.4 is 5.73 Å². The SMILES string of the molecule is CC(=C/I)/N=C\N. The molecule has 40 valence electrons. The second-order valence-corrected chi connectivity index (χ2v) is 1.65. The van der Waals surface area contributed by atoms with E-state index in [1.165, 1.54) is 6.34 Å². The number of allylic oxidation sites excluding steroid dienone is 1. The molecule has 0 atom stereocenters. The van der Waals surface area contributed by atoms with E-state index in [-0.39, 0.29) is 0 Å². The maximum absolute atomic E-state index is 4.97. The Hall–Kier alpha value is -0.0600. The number of aliphatic imine (C=N–C) groups is 1. The van der Waals surface area contributed by atoms with Crippen LogP contribution in [0.2, 0.25) is 0 Å². The van der Waals surface area contributed by atoms with Crippen LogP contribution in [0.25, 0.3) is 0 Å². The lowest BCUT2D eigenvalue weighted by atomic mass is 10.6. The van der Waals surface area contributed by atoms with Crippen LogP contribution >= 0.6 is 22.6 Å². The summed E-state index contributed by atoms with van der Waals surface area (Å²) in [6.07, 6.45) is 1.28. The third-order valence-electron chi connectivity index (χ3n) is 0.436. The molecule has 0 saturated carbocycles. The van der Waals surface area contributed by atoms with Gasteiger partial charge in [0.1, 0.15) is 0 Å². The van der Waals surface area contributed by atoms with Gasteiger partial charge in [-0.15, -0.1) is 0 Å². The highest BCUT2D eigenvalue weighted by molar-refractivity contribution is 14.1. The molecule has 0 saturated heterocycles. The molecule has 0 spiro atoms. The second kappa shape index (κ2) is 4.11. The van der Waals surface area contributed by atoms with E-state index in [2.05, 4.69) is 27.6 Å². The zero-order chi connectivity index (χ0) is 5.70. The smallest absolute Gasteiger partial charge is 0.0856 e. The van der Waals surface area contributed by atoms with E-state index in [9.17, 15) is 0 Å². The summed E-state index contributed by atoms with van der Waals surface area (Å²) in [5.74, 6) is 0. The molecule has 0 heterocycles. The minimum atomic E-state index is 0.933. The van der Waals surface area contributed by atoms with E-state index < -0.39 is 0 Å². The predicted octanol–water partition coefficient (Wildman–Crippen LogP) is 1.27. The maximum Gasteiger partial charge on any atom is 0.0856 e. The highest BCUT2D eigenvalue weighted by Gasteiger charge is 1.72. The minimum Gasteiger partial charge on any atom is -0.390 e. The Morgan fingerprint density at radius 3 is 2.57 bits per heavy atom. The number of rotatable bonds is 1. The van der Waals surface area contributed by atoms with Gasteiger partial charge in [-0.05, 0) is 11.0 Å². The van der Waals surface area contributed by atoms with Crippen LogP contribution in [-0.2, 0) is 0 Å². The molecular formula is C4H7IN2. The summed E-state index contributed by atoms with van der Waals surface area (Å²) in [5.41, 5.74) is 5.90. The summed E-state index contributed by atoms with van der Waals surface area (Å²) in [7, 11) is 0. The van der Waals surface area contributed by atoms with Crippen molar-refractivity contribution in [1.82, 2.24) is 0 Å². The largest absolute Gasteiger partial charge is 0.390 e. The van der Waals surface area contributed by atoms with Crippen molar-refractivity contribution in [3.8, 4) is 0 Å². The Morgan fingerprint density at radius 1 is 1.86 bits per heavy atom. The molecule has 0 amide bonds. The molecule has 0 unspecified atom stereocenters. The Labute approximate surface area is 56.6 Å². The van der Waals surface area contributed by atoms with Gasteiger partial charge in [0.05, 0.1) is 6.34 Å². The van der Waals surface area contributed by atoms with Crippen LogP contribution in [0, 0.1) is 0 Å². The van der Waals surface area contributed by atoms with Crippen molar-refractivity contribution in [3.05, 3.63) is 9.78 Å². The highest BCUT2D eigenvalue weighted by atomic mass is 127. The molecule has 0 aliphatic carbocycles. The van der Waals surface area contributed by atoms with Gasteiger partial charge in [0.2, 0.25) is 0 Å². The van der Waals surface area contributed by atoms with Crippen molar-refractivity contribution in [2.45, 2.75) is 6.92 Å². The second-order valence-electron chi connectivity index (χ2n) is 1.03. The van der Waals surface area contributed by atoms with Gasteiger partial charge in [0, 0.05) is 5.70 Å². The van der Waals surface area contributed by atoms with Crippen LogP contribution in [0.3, 0.4) is 0 Å². The number of hydrogen-bond acceptors (Lipinski definition) is 1. The van der Waals surface area contributed by atoms with Gasteiger partial charge in [0.15, 0.2) is 0 Å². The third kappa shape index (κ3) is 3.78. The van der Waals surface area contributed by atoms with E-state index in [1.54, 1.807) is 0 Å². The van der Waals surface area contributed by atoms with Crippen LogP contribution in [0.4, 0.5) is 0 Å². The predicted molar refractivity (Wildman–Crippen MR) is 40.5 cm³/mol. The van der Waals surface area contributed by atoms with Crippen molar-refractivity contribution >= 4 is 28.9 Å². The van der Waals surface area contributed by atoms with Crippen molar-refractivity contribution in [2.24, 2.45) is 10.7 Å². The average Bonchev–Trinajstić information content (AvgIpc) is 1.68. The van der Waals surface area contributed by atoms with E-state index in [4.69, 9.17) is 5.73 Å². The lowest BCUT2D eigenvalue weighted by Gasteiger charge is -1.80. The first-order valence-electron chi connectivity index (χ1n) is 1.82. The molecule has 0 bridgehead atoms. The van der Waals surface area contributed by atoms with Crippen LogP contribution in [0.1, 0.15) is 6.92 Å². The van der Waals surface area contributed by atoms with Gasteiger partial charge in [-0.2, -0.15) is 0 Å². The fourth-order valence-electron chi connectivity index (χ4n) is 0.146. The molecular weight excluding hydrogens is 203 g/mol. The maximum atomic E-state index is 4.97. The zero-order valence-corrected chi connectivity index (χ0v) is 6.21. The Balaban J connectivity index is 3.58. The third-order valence-corrected chi connectivity index (χ3v) is 1.34. The zero-order valence-electron chi connectivity index (χ0n) is 4.06. The molecule has 0 aromatic heterocycles. The van der Waals surface area contributed by atoms with Crippen LogP contribution in [0.15, 0.2) is 14.8 Å². The van der Waals surface area contributed by atoms with Crippen molar-refractivity contribution < 1.29 is 0 Å². The molecule has 0 aliphatic rings. The molecule has 2 nitrogen and oxygen atoms in total. The Kier molecular flexibility index (Phi) is 4.07. The van der Waals surface area contributed by atoms with E-state index >= 15 is 0 Å². The van der Waals surface area contributed by atoms with Crippen LogP contribution in [-0.4, -0.2) is 6.34 Å². The summed E-state index contributed by atoms with van der Waals surface area (Å²) in [4.78, 5) is 3.75. The van der Waals surface area contributed by atoms with Crippen molar-refractivity contribution in [2.75, 3.05) is 0 Å². The molecule has 0 fully saturated rings. The van der Waals surface area contributed by atoms with E-state index in [0.29, 0.717) is 0 Å². The lowest BCUT2D eigenvalue weighted by molar-refractivity contribution is 1.33. The number of halogens is 1. The first kappa shape index (κ1) is 6.94. The summed E-state index contributed by atoms with van der Waals surface area (Å²) in [6.45, 7) is 1.88. The molecule has 0 rings (SSSR count). The number of nitrogens with zero attached hydrogens (tertiary/aromatic N) is 1. The van der Waals surface area contributed by atoms with Crippen molar-refractivity contribution in [3.63, 3.8) is 0 Å². The van der Waals surface area contributed by atoms with Gasteiger partial charge < -0.3 is 5.73 Å². The van der Waals surface area contributed by atoms with Gasteiger partial charge in [0.25, 0.3) is 0 Å². The minimum absolute atomic E-state index is 0.933. The molecule has 0 aromatic carbocycles. The van der Waals surface area contributed by atoms with E-state index in [0.717, 1.165) is 5.70 Å². The lowest BCUT2D eigenvalue weighted by Crippen LogP contribution is -1.87. The standard InChI is InChI=1S/C4H7IN2/c1-4(2-5)7-3-6/h2-3H,1H3,(H2,6,7)/b4-2-. The quantitative estimate of drug-likeness (QED) is 0.395. The van der Waals surface area contributed by atoms with Gasteiger partial charge >= 0.3 is 0 Å². The Morgan fingerprint density at radius 2 is 2.43 bits per heavy atom. The molecule has 0 aromatic rings. The van der Waals surface area contributed by atoms with Gasteiger partial charge in [-0.3, -0.25) is 0 Å². The molecule has 0 radical (unpaired) electrons. The van der Waals surface area contributed by atoms with Gasteiger partial charge in [-0.25, -0.2) is 4.99 Å². The summed E-state index contributed by atoms with van der Waals surface area (Å²) >= 11 is 2.11. The first-order valence-corrected chi connectivity index (χ1v) is 3.07. The van der Waals surface area contributed by atoms with Crippen LogP contribution in [0.5, 0.6) is 0 Å². The van der Waals surface area contributed by atoms with Gasteiger partial charge in [-0.1, -0.05) is 22.6 Å². The summed E-state index contributed by atoms with van der Waals surface area (Å²) in [5, 5.41) is 0. The topological polar surface area (TPSA) is 38.4 Å². The van der Waals surface area contributed by atoms with Crippen molar-refractivity contribution in [1.29, 1.82) is 0 Å². The summed E-state index contributed by atoms with van der Waals surface area (Å²) < 4.78 is 1.86. The highest BCUT2D eigenvalue weighted by Crippen LogP contribution is 1.96. The molecule has 7 heavy (non-hydrogen) atoms.